The van der Waals surface area contributed by atoms with Crippen molar-refractivity contribution >= 4 is 17.9 Å². The fourth-order valence-corrected chi connectivity index (χ4v) is 10.3. The van der Waals surface area contributed by atoms with Gasteiger partial charge in [0, 0.05) is 27.2 Å². The van der Waals surface area contributed by atoms with Gasteiger partial charge in [-0.1, -0.05) is 53.9 Å². The Morgan fingerprint density at radius 1 is 0.769 bits per heavy atom. The fourth-order valence-electron chi connectivity index (χ4n) is 10.3. The zero-order chi connectivity index (χ0) is 28.8. The fraction of sp³-hybridized carbons (Fsp3) is 0.909. The van der Waals surface area contributed by atoms with E-state index in [4.69, 9.17) is 14.2 Å². The van der Waals surface area contributed by atoms with Crippen molar-refractivity contribution in [1.82, 2.24) is 0 Å². The number of fused-ring (bicyclic) bond motifs is 5. The van der Waals surface area contributed by atoms with Crippen molar-refractivity contribution in [3.8, 4) is 0 Å². The molecule has 4 aliphatic carbocycles. The molecule has 4 saturated carbocycles. The van der Waals surface area contributed by atoms with E-state index in [0.717, 1.165) is 30.1 Å². The lowest BCUT2D eigenvalue weighted by molar-refractivity contribution is -0.301. The van der Waals surface area contributed by atoms with E-state index in [1.165, 1.54) is 72.1 Å². The van der Waals surface area contributed by atoms with Crippen LogP contribution in [0, 0.1) is 52.3 Å². The van der Waals surface area contributed by atoms with Gasteiger partial charge in [-0.3, -0.25) is 14.4 Å². The lowest BCUT2D eigenvalue weighted by Gasteiger charge is -2.63. The van der Waals surface area contributed by atoms with Crippen LogP contribution in [0.3, 0.4) is 0 Å². The maximum absolute atomic E-state index is 12.2. The topological polar surface area (TPSA) is 78.9 Å². The number of esters is 3. The molecule has 4 aliphatic rings. The van der Waals surface area contributed by atoms with Crippen LogP contribution in [0.2, 0.25) is 0 Å². The van der Waals surface area contributed by atoms with Gasteiger partial charge >= 0.3 is 17.9 Å². The number of hydrogen-bond acceptors (Lipinski definition) is 6. The Labute approximate surface area is 236 Å². The molecular weight excluding hydrogens is 492 g/mol. The van der Waals surface area contributed by atoms with Gasteiger partial charge in [-0.2, -0.15) is 0 Å². The van der Waals surface area contributed by atoms with Crippen LogP contribution in [0.4, 0.5) is 0 Å². The van der Waals surface area contributed by atoms with Gasteiger partial charge in [-0.05, 0) is 97.2 Å². The predicted molar refractivity (Wildman–Crippen MR) is 150 cm³/mol. The van der Waals surface area contributed by atoms with E-state index >= 15 is 0 Å². The lowest BCUT2D eigenvalue weighted by atomic mass is 9.44. The molecule has 0 aromatic heterocycles. The van der Waals surface area contributed by atoms with Gasteiger partial charge < -0.3 is 14.2 Å². The molecule has 6 heteroatoms. The molecule has 222 valence electrons. The second-order valence-corrected chi connectivity index (χ2v) is 14.7. The Morgan fingerprint density at radius 2 is 1.41 bits per heavy atom. The van der Waals surface area contributed by atoms with Crippen LogP contribution in [0.15, 0.2) is 0 Å². The van der Waals surface area contributed by atoms with E-state index in [2.05, 4.69) is 34.6 Å². The van der Waals surface area contributed by atoms with Crippen LogP contribution >= 0.6 is 0 Å². The molecule has 6 nitrogen and oxygen atoms in total. The second kappa shape index (κ2) is 11.4. The van der Waals surface area contributed by atoms with Crippen molar-refractivity contribution in [3.63, 3.8) is 0 Å². The maximum atomic E-state index is 12.2. The summed E-state index contributed by atoms with van der Waals surface area (Å²) >= 11 is 0. The highest BCUT2D eigenvalue weighted by Gasteiger charge is 2.66. The quantitative estimate of drug-likeness (QED) is 0.232. The summed E-state index contributed by atoms with van der Waals surface area (Å²) < 4.78 is 17.3. The molecule has 0 aromatic carbocycles. The lowest BCUT2D eigenvalue weighted by Crippen LogP contribution is -2.63. The molecule has 39 heavy (non-hydrogen) atoms. The molecule has 0 bridgehead atoms. The molecule has 0 N–H and O–H groups in total. The molecule has 0 saturated heterocycles. The van der Waals surface area contributed by atoms with Gasteiger partial charge in [-0.15, -0.1) is 0 Å². The Balaban J connectivity index is 1.57. The van der Waals surface area contributed by atoms with E-state index in [0.29, 0.717) is 30.1 Å². The number of carbonyl (C=O) groups is 3. The third-order valence-corrected chi connectivity index (χ3v) is 11.9. The number of hydrogen-bond donors (Lipinski definition) is 0. The average Bonchev–Trinajstić information content (AvgIpc) is 3.16. The van der Waals surface area contributed by atoms with Crippen molar-refractivity contribution in [2.24, 2.45) is 52.3 Å². The molecule has 0 aliphatic heterocycles. The highest BCUT2D eigenvalue weighted by atomic mass is 16.8. The molecule has 0 radical (unpaired) electrons. The molecule has 0 heterocycles. The van der Waals surface area contributed by atoms with E-state index in [1.54, 1.807) is 0 Å². The summed E-state index contributed by atoms with van der Waals surface area (Å²) in [5.41, 5.74) is 0.347. The first-order chi connectivity index (χ1) is 18.2. The molecule has 0 amide bonds. The minimum atomic E-state index is -1.55. The van der Waals surface area contributed by atoms with E-state index in [1.807, 2.05) is 0 Å². The predicted octanol–water partition coefficient (Wildman–Crippen LogP) is 7.47. The standard InChI is InChI=1S/C33H54O6/c1-20(2)10-9-11-21(3)27-14-15-28-26-13-12-25-18-33(38-23(5)35,39-24(6)36)30(37-22(4)34)19-32(25,8)29(26)16-17-31(27,28)7/h20-21,25-30H,9-19H2,1-8H3/t21-,25+,26+,27-,28+,29+,30?,31-,32+/m1/s1. The van der Waals surface area contributed by atoms with E-state index < -0.39 is 29.8 Å². The average molecular weight is 547 g/mol. The summed E-state index contributed by atoms with van der Waals surface area (Å²) in [7, 11) is 0. The Bertz CT molecular complexity index is 911. The van der Waals surface area contributed by atoms with Crippen molar-refractivity contribution in [3.05, 3.63) is 0 Å². The summed E-state index contributed by atoms with van der Waals surface area (Å²) in [6, 6.07) is 0. The first-order valence-corrected chi connectivity index (χ1v) is 15.8. The molecule has 9 atom stereocenters. The highest BCUT2D eigenvalue weighted by Crippen LogP contribution is 2.69. The number of carbonyl (C=O) groups excluding carboxylic acids is 3. The molecule has 1 unspecified atom stereocenters. The Hall–Kier alpha value is -1.59. The summed E-state index contributed by atoms with van der Waals surface area (Å²) in [5.74, 6) is 1.50. The monoisotopic (exact) mass is 546 g/mol. The van der Waals surface area contributed by atoms with Gasteiger partial charge in [0.1, 0.15) is 0 Å². The Morgan fingerprint density at radius 3 is 2.00 bits per heavy atom. The van der Waals surface area contributed by atoms with E-state index in [9.17, 15) is 14.4 Å². The van der Waals surface area contributed by atoms with Crippen molar-refractivity contribution in [2.45, 2.75) is 138 Å². The smallest absolute Gasteiger partial charge is 0.306 e. The molecule has 0 aromatic rings. The molecule has 4 rings (SSSR count). The van der Waals surface area contributed by atoms with Gasteiger partial charge in [-0.25, -0.2) is 0 Å². The van der Waals surface area contributed by atoms with Gasteiger partial charge in [0.2, 0.25) is 0 Å². The molecular formula is C33H54O6. The number of rotatable bonds is 8. The summed E-state index contributed by atoms with van der Waals surface area (Å²) in [6.07, 6.45) is 11.5. The Kier molecular flexibility index (Phi) is 8.84. The summed E-state index contributed by atoms with van der Waals surface area (Å²) in [5, 5.41) is 0. The summed E-state index contributed by atoms with van der Waals surface area (Å²) in [6.45, 7) is 16.2. The minimum absolute atomic E-state index is 0.0604. The second-order valence-electron chi connectivity index (χ2n) is 14.7. The minimum Gasteiger partial charge on any atom is -0.454 e. The van der Waals surface area contributed by atoms with Crippen LogP contribution in [-0.2, 0) is 28.6 Å². The number of ether oxygens (including phenoxy) is 3. The third kappa shape index (κ3) is 5.77. The van der Waals surface area contributed by atoms with Crippen LogP contribution in [0.25, 0.3) is 0 Å². The zero-order valence-electron chi connectivity index (χ0n) is 25.8. The van der Waals surface area contributed by atoms with Crippen LogP contribution in [0.5, 0.6) is 0 Å². The largest absolute Gasteiger partial charge is 0.454 e. The normalized spacial score (nSPS) is 39.6. The summed E-state index contributed by atoms with van der Waals surface area (Å²) in [4.78, 5) is 36.6. The van der Waals surface area contributed by atoms with E-state index in [-0.39, 0.29) is 11.3 Å². The van der Waals surface area contributed by atoms with Crippen molar-refractivity contribution in [2.75, 3.05) is 0 Å². The van der Waals surface area contributed by atoms with Gasteiger partial charge in [0.05, 0.1) is 0 Å². The van der Waals surface area contributed by atoms with Crippen LogP contribution in [0.1, 0.15) is 126 Å². The SMILES string of the molecule is CC(=O)OC1C[C@@]2(C)[C@@H](CC[C@@H]3[C@@H]2CC[C@]2(C)[C@@H]([C@H](C)CCCC(C)C)CC[C@@H]32)CC1(OC(C)=O)OC(C)=O. The van der Waals surface area contributed by atoms with Crippen molar-refractivity contribution < 1.29 is 28.6 Å². The zero-order valence-corrected chi connectivity index (χ0v) is 25.8. The van der Waals surface area contributed by atoms with Crippen molar-refractivity contribution in [1.29, 1.82) is 0 Å². The van der Waals surface area contributed by atoms with Crippen LogP contribution < -0.4 is 0 Å². The maximum Gasteiger partial charge on any atom is 0.306 e. The molecule has 0 spiro atoms. The van der Waals surface area contributed by atoms with Gasteiger partial charge in [0.15, 0.2) is 6.10 Å². The third-order valence-electron chi connectivity index (χ3n) is 11.9. The molecule has 4 fully saturated rings. The van der Waals surface area contributed by atoms with Crippen LogP contribution in [-0.4, -0.2) is 29.8 Å². The highest BCUT2D eigenvalue weighted by molar-refractivity contribution is 5.70. The van der Waals surface area contributed by atoms with Gasteiger partial charge in [0.25, 0.3) is 5.79 Å². The first-order valence-electron chi connectivity index (χ1n) is 15.8. The first kappa shape index (κ1) is 30.4.